The molecule has 0 radical (unpaired) electrons. The molecule has 1 rings (SSSR count). The Morgan fingerprint density at radius 2 is 2.00 bits per heavy atom. The molecule has 1 aromatic carbocycles. The van der Waals surface area contributed by atoms with Crippen LogP contribution in [0.25, 0.3) is 0 Å². The van der Waals surface area contributed by atoms with Gasteiger partial charge in [0.15, 0.2) is 0 Å². The molecule has 17 heavy (non-hydrogen) atoms. The first kappa shape index (κ1) is 13.4. The molecule has 7 heteroatoms. The molecule has 0 aromatic heterocycles. The van der Waals surface area contributed by atoms with Crippen LogP contribution in [0.5, 0.6) is 0 Å². The number of nitrogens with zero attached hydrogens (tertiary/aromatic N) is 1. The summed E-state index contributed by atoms with van der Waals surface area (Å²) < 4.78 is 37.6. The topological polar surface area (TPSA) is 69.2 Å². The predicted octanol–water partition coefficient (Wildman–Crippen LogP) is 2.68. The van der Waals surface area contributed by atoms with Gasteiger partial charge in [0, 0.05) is 12.1 Å². The van der Waals surface area contributed by atoms with E-state index in [1.165, 1.54) is 0 Å². The minimum Gasteiger partial charge on any atom is -0.330 e. The molecule has 0 spiro atoms. The van der Waals surface area contributed by atoms with Crippen LogP contribution in [0.3, 0.4) is 0 Å². The third kappa shape index (κ3) is 3.16. The number of halogens is 3. The van der Waals surface area contributed by atoms with Crippen LogP contribution < -0.4 is 5.73 Å². The van der Waals surface area contributed by atoms with Crippen molar-refractivity contribution in [2.24, 2.45) is 5.73 Å². The zero-order chi connectivity index (χ0) is 13.2. The maximum Gasteiger partial charge on any atom is 0.416 e. The van der Waals surface area contributed by atoms with Gasteiger partial charge in [-0.2, -0.15) is 13.2 Å². The van der Waals surface area contributed by atoms with Crippen molar-refractivity contribution in [3.63, 3.8) is 0 Å². The summed E-state index contributed by atoms with van der Waals surface area (Å²) in [6, 6.07) is 2.53. The Morgan fingerprint density at radius 3 is 2.41 bits per heavy atom. The summed E-state index contributed by atoms with van der Waals surface area (Å²) in [4.78, 5) is 9.70. The first-order valence-corrected chi connectivity index (χ1v) is 4.82. The van der Waals surface area contributed by atoms with Crippen molar-refractivity contribution >= 4 is 5.69 Å². The summed E-state index contributed by atoms with van der Waals surface area (Å²) in [6.07, 6.45) is -4.60. The first-order valence-electron chi connectivity index (χ1n) is 4.82. The van der Waals surface area contributed by atoms with Gasteiger partial charge in [-0.1, -0.05) is 6.92 Å². The van der Waals surface area contributed by atoms with Crippen molar-refractivity contribution in [1.82, 2.24) is 0 Å². The zero-order valence-electron chi connectivity index (χ0n) is 8.99. The molecule has 1 atom stereocenters. The van der Waals surface area contributed by atoms with Crippen LogP contribution in [-0.4, -0.2) is 11.5 Å². The molecule has 1 unspecified atom stereocenters. The molecule has 0 aliphatic heterocycles. The number of non-ortho nitro benzene ring substituents is 1. The van der Waals surface area contributed by atoms with Crippen LogP contribution >= 0.6 is 0 Å². The fourth-order valence-corrected chi connectivity index (χ4v) is 1.32. The van der Waals surface area contributed by atoms with Crippen molar-refractivity contribution in [1.29, 1.82) is 0 Å². The molecule has 94 valence electrons. The van der Waals surface area contributed by atoms with E-state index in [9.17, 15) is 23.3 Å². The van der Waals surface area contributed by atoms with Gasteiger partial charge in [-0.3, -0.25) is 10.1 Å². The second-order valence-electron chi connectivity index (χ2n) is 3.70. The van der Waals surface area contributed by atoms with E-state index in [2.05, 4.69) is 0 Å². The van der Waals surface area contributed by atoms with Gasteiger partial charge in [0.05, 0.1) is 10.5 Å². The van der Waals surface area contributed by atoms with Gasteiger partial charge in [-0.15, -0.1) is 0 Å². The van der Waals surface area contributed by atoms with Crippen LogP contribution in [0.1, 0.15) is 24.0 Å². The van der Waals surface area contributed by atoms with Crippen molar-refractivity contribution in [3.05, 3.63) is 39.4 Å². The largest absolute Gasteiger partial charge is 0.416 e. The van der Waals surface area contributed by atoms with E-state index in [0.717, 1.165) is 12.1 Å². The molecule has 0 amide bonds. The molecular formula is C10H11F3N2O2. The molecule has 1 aromatic rings. The Morgan fingerprint density at radius 1 is 1.41 bits per heavy atom. The quantitative estimate of drug-likeness (QED) is 0.660. The molecule has 2 N–H and O–H groups in total. The Labute approximate surface area is 95.4 Å². The Kier molecular flexibility index (Phi) is 3.72. The molecule has 0 saturated heterocycles. The number of benzene rings is 1. The number of nitrogens with two attached hydrogens (primary N) is 1. The number of rotatable bonds is 3. The highest BCUT2D eigenvalue weighted by molar-refractivity contribution is 5.41. The maximum absolute atomic E-state index is 12.5. The van der Waals surface area contributed by atoms with E-state index < -0.39 is 22.4 Å². The number of hydrogen-bond donors (Lipinski definition) is 1. The van der Waals surface area contributed by atoms with Gasteiger partial charge in [-0.05, 0) is 24.1 Å². The lowest BCUT2D eigenvalue weighted by Gasteiger charge is -2.12. The van der Waals surface area contributed by atoms with Gasteiger partial charge in [0.1, 0.15) is 0 Å². The molecule has 0 fully saturated rings. The fourth-order valence-electron chi connectivity index (χ4n) is 1.32. The maximum atomic E-state index is 12.5. The van der Waals surface area contributed by atoms with Crippen LogP contribution in [0.2, 0.25) is 0 Å². The standard InChI is InChI=1S/C10H11F3N2O2/c1-6(5-14)7-2-8(10(11,12)13)4-9(3-7)15(16)17/h2-4,6H,5,14H2,1H3. The average molecular weight is 248 g/mol. The predicted molar refractivity (Wildman–Crippen MR) is 55.6 cm³/mol. The summed E-state index contributed by atoms with van der Waals surface area (Å²) in [5.74, 6) is -0.365. The third-order valence-electron chi connectivity index (χ3n) is 2.40. The lowest BCUT2D eigenvalue weighted by Crippen LogP contribution is -2.12. The monoisotopic (exact) mass is 248 g/mol. The minimum absolute atomic E-state index is 0.123. The smallest absolute Gasteiger partial charge is 0.330 e. The van der Waals surface area contributed by atoms with Crippen LogP contribution in [0, 0.1) is 10.1 Å². The first-order chi connectivity index (χ1) is 7.75. The van der Waals surface area contributed by atoms with Crippen molar-refractivity contribution in [2.75, 3.05) is 6.54 Å². The summed E-state index contributed by atoms with van der Waals surface area (Å²) >= 11 is 0. The second-order valence-corrected chi connectivity index (χ2v) is 3.70. The Balaban J connectivity index is 3.34. The summed E-state index contributed by atoms with van der Waals surface area (Å²) in [5.41, 5.74) is 3.96. The van der Waals surface area contributed by atoms with Gasteiger partial charge >= 0.3 is 6.18 Å². The molecule has 0 heterocycles. The highest BCUT2D eigenvalue weighted by Gasteiger charge is 2.33. The van der Waals surface area contributed by atoms with Gasteiger partial charge in [-0.25, -0.2) is 0 Å². The highest BCUT2D eigenvalue weighted by atomic mass is 19.4. The Bertz CT molecular complexity index is 432. The van der Waals surface area contributed by atoms with Crippen LogP contribution in [-0.2, 0) is 6.18 Å². The van der Waals surface area contributed by atoms with E-state index in [1.54, 1.807) is 6.92 Å². The number of nitro groups is 1. The lowest BCUT2D eigenvalue weighted by atomic mass is 9.98. The Hall–Kier alpha value is -1.63. The normalized spacial score (nSPS) is 13.5. The number of nitro benzene ring substituents is 1. The van der Waals surface area contributed by atoms with E-state index in [1.807, 2.05) is 0 Å². The van der Waals surface area contributed by atoms with E-state index in [-0.39, 0.29) is 18.0 Å². The highest BCUT2D eigenvalue weighted by Crippen LogP contribution is 2.34. The lowest BCUT2D eigenvalue weighted by molar-refractivity contribution is -0.385. The second kappa shape index (κ2) is 4.70. The van der Waals surface area contributed by atoms with Crippen LogP contribution in [0.4, 0.5) is 18.9 Å². The van der Waals surface area contributed by atoms with Crippen LogP contribution in [0.15, 0.2) is 18.2 Å². The van der Waals surface area contributed by atoms with Gasteiger partial charge in [0.2, 0.25) is 0 Å². The van der Waals surface area contributed by atoms with E-state index >= 15 is 0 Å². The molecular weight excluding hydrogens is 237 g/mol. The molecule has 0 bridgehead atoms. The van der Waals surface area contributed by atoms with Crippen molar-refractivity contribution < 1.29 is 18.1 Å². The summed E-state index contributed by atoms with van der Waals surface area (Å²) in [7, 11) is 0. The average Bonchev–Trinajstić information content (AvgIpc) is 2.26. The number of alkyl halides is 3. The van der Waals surface area contributed by atoms with Crippen molar-refractivity contribution in [3.8, 4) is 0 Å². The third-order valence-corrected chi connectivity index (χ3v) is 2.40. The van der Waals surface area contributed by atoms with Gasteiger partial charge in [0.25, 0.3) is 5.69 Å². The van der Waals surface area contributed by atoms with E-state index in [4.69, 9.17) is 5.73 Å². The molecule has 4 nitrogen and oxygen atoms in total. The molecule has 0 aliphatic carbocycles. The summed E-state index contributed by atoms with van der Waals surface area (Å²) in [5, 5.41) is 10.6. The minimum atomic E-state index is -4.60. The summed E-state index contributed by atoms with van der Waals surface area (Å²) in [6.45, 7) is 1.73. The van der Waals surface area contributed by atoms with Crippen molar-refractivity contribution in [2.45, 2.75) is 19.0 Å². The fraction of sp³-hybridized carbons (Fsp3) is 0.400. The molecule has 0 aliphatic rings. The SMILES string of the molecule is CC(CN)c1cc([N+](=O)[O-])cc(C(F)(F)F)c1. The zero-order valence-corrected chi connectivity index (χ0v) is 8.99. The number of hydrogen-bond acceptors (Lipinski definition) is 3. The molecule has 0 saturated carbocycles. The van der Waals surface area contributed by atoms with E-state index in [0.29, 0.717) is 6.07 Å². The van der Waals surface area contributed by atoms with Gasteiger partial charge < -0.3 is 5.73 Å².